The van der Waals surface area contributed by atoms with Gasteiger partial charge < -0.3 is 15.6 Å². The lowest BCUT2D eigenvalue weighted by molar-refractivity contribution is 0.0945. The van der Waals surface area contributed by atoms with Crippen molar-refractivity contribution in [1.82, 2.24) is 19.9 Å². The van der Waals surface area contributed by atoms with Crippen LogP contribution in [-0.2, 0) is 13.6 Å². The summed E-state index contributed by atoms with van der Waals surface area (Å²) in [7, 11) is 1.88. The van der Waals surface area contributed by atoms with Crippen LogP contribution in [0.25, 0.3) is 10.9 Å². The second kappa shape index (κ2) is 5.24. The van der Waals surface area contributed by atoms with Crippen LogP contribution in [0.2, 0.25) is 0 Å². The minimum Gasteiger partial charge on any atom is -0.398 e. The van der Waals surface area contributed by atoms with Crippen LogP contribution in [0.3, 0.4) is 0 Å². The molecule has 0 saturated carbocycles. The molecule has 0 aliphatic rings. The third kappa shape index (κ3) is 2.55. The van der Waals surface area contributed by atoms with Gasteiger partial charge in [0.1, 0.15) is 11.5 Å². The lowest BCUT2D eigenvalue weighted by Gasteiger charge is -2.07. The number of amides is 1. The van der Waals surface area contributed by atoms with E-state index in [0.29, 0.717) is 23.4 Å². The number of imidazole rings is 1. The fraction of sp³-hybridized carbons (Fsp3) is 0.133. The Bertz CT molecular complexity index is 809. The molecule has 0 spiro atoms. The predicted molar refractivity (Wildman–Crippen MR) is 80.5 cm³/mol. The first-order valence-electron chi connectivity index (χ1n) is 6.55. The van der Waals surface area contributed by atoms with E-state index in [0.717, 1.165) is 11.2 Å². The Kier molecular flexibility index (Phi) is 3.27. The van der Waals surface area contributed by atoms with Gasteiger partial charge in [-0.05, 0) is 12.1 Å². The highest BCUT2D eigenvalue weighted by molar-refractivity contribution is 5.99. The number of hydrogen-bond donors (Lipinski definition) is 2. The second-order valence-corrected chi connectivity index (χ2v) is 4.75. The quantitative estimate of drug-likeness (QED) is 0.761. The maximum atomic E-state index is 12.2. The topological polar surface area (TPSA) is 85.8 Å². The van der Waals surface area contributed by atoms with E-state index < -0.39 is 0 Å². The summed E-state index contributed by atoms with van der Waals surface area (Å²) >= 11 is 0. The number of hydrogen-bond acceptors (Lipinski definition) is 4. The molecule has 0 radical (unpaired) electrons. The number of aromatic nitrogens is 3. The molecule has 2 aromatic heterocycles. The molecule has 21 heavy (non-hydrogen) atoms. The summed E-state index contributed by atoms with van der Waals surface area (Å²) in [6, 6.07) is 9.07. The van der Waals surface area contributed by atoms with Gasteiger partial charge in [-0.3, -0.25) is 4.79 Å². The van der Waals surface area contributed by atoms with E-state index in [1.54, 1.807) is 12.3 Å². The van der Waals surface area contributed by atoms with Crippen molar-refractivity contribution < 1.29 is 4.79 Å². The van der Waals surface area contributed by atoms with Crippen molar-refractivity contribution in [2.24, 2.45) is 7.05 Å². The molecule has 3 N–H and O–H groups in total. The zero-order chi connectivity index (χ0) is 14.8. The van der Waals surface area contributed by atoms with Crippen molar-refractivity contribution in [2.75, 3.05) is 5.73 Å². The fourth-order valence-electron chi connectivity index (χ4n) is 2.14. The van der Waals surface area contributed by atoms with Crippen molar-refractivity contribution in [3.05, 3.63) is 54.2 Å². The number of anilines is 1. The number of carbonyl (C=O) groups is 1. The van der Waals surface area contributed by atoms with E-state index >= 15 is 0 Å². The summed E-state index contributed by atoms with van der Waals surface area (Å²) in [6.45, 7) is 0.344. The molecule has 6 nitrogen and oxygen atoms in total. The highest BCUT2D eigenvalue weighted by Gasteiger charge is 2.11. The Balaban J connectivity index is 1.83. The molecule has 3 rings (SSSR count). The minimum absolute atomic E-state index is 0.268. The summed E-state index contributed by atoms with van der Waals surface area (Å²) in [5.74, 6) is 0.507. The number of para-hydroxylation sites is 1. The highest BCUT2D eigenvalue weighted by atomic mass is 16.1. The number of carbonyl (C=O) groups excluding carboxylic acids is 1. The summed E-state index contributed by atoms with van der Waals surface area (Å²) in [5, 5.41) is 3.64. The summed E-state index contributed by atoms with van der Waals surface area (Å²) in [6.07, 6.45) is 3.52. The molecule has 3 aromatic rings. The maximum Gasteiger partial charge on any atom is 0.270 e. The average molecular weight is 281 g/mol. The first-order chi connectivity index (χ1) is 10.1. The Hall–Kier alpha value is -2.89. The number of pyridine rings is 1. The third-order valence-electron chi connectivity index (χ3n) is 3.31. The maximum absolute atomic E-state index is 12.2. The number of fused-ring (bicyclic) bond motifs is 1. The number of nitrogen functional groups attached to an aromatic ring is 1. The molecule has 106 valence electrons. The van der Waals surface area contributed by atoms with Crippen LogP contribution >= 0.6 is 0 Å². The predicted octanol–water partition coefficient (Wildman–Crippen LogP) is 1.48. The summed E-state index contributed by atoms with van der Waals surface area (Å²) < 4.78 is 1.85. The van der Waals surface area contributed by atoms with Crippen LogP contribution in [0.1, 0.15) is 16.3 Å². The third-order valence-corrected chi connectivity index (χ3v) is 3.31. The summed E-state index contributed by atoms with van der Waals surface area (Å²) in [5.41, 5.74) is 7.53. The first-order valence-corrected chi connectivity index (χ1v) is 6.55. The van der Waals surface area contributed by atoms with Crippen LogP contribution in [0.5, 0.6) is 0 Å². The van der Waals surface area contributed by atoms with E-state index in [-0.39, 0.29) is 5.91 Å². The van der Waals surface area contributed by atoms with Crippen molar-refractivity contribution >= 4 is 22.5 Å². The first kappa shape index (κ1) is 13.1. The number of nitrogens with two attached hydrogens (primary N) is 1. The smallest absolute Gasteiger partial charge is 0.270 e. The SMILES string of the molecule is Cn1ccnc1CNC(=O)c1cc(N)c2ccccc2n1. The van der Waals surface area contributed by atoms with E-state index in [1.807, 2.05) is 42.1 Å². The van der Waals surface area contributed by atoms with Gasteiger partial charge in [0.25, 0.3) is 5.91 Å². The number of rotatable bonds is 3. The van der Waals surface area contributed by atoms with Crippen molar-refractivity contribution in [2.45, 2.75) is 6.54 Å². The van der Waals surface area contributed by atoms with Gasteiger partial charge in [0.05, 0.1) is 12.1 Å². The molecule has 2 heterocycles. The van der Waals surface area contributed by atoms with Gasteiger partial charge >= 0.3 is 0 Å². The second-order valence-electron chi connectivity index (χ2n) is 4.75. The Morgan fingerprint density at radius 1 is 1.38 bits per heavy atom. The lowest BCUT2D eigenvalue weighted by Crippen LogP contribution is -2.25. The largest absolute Gasteiger partial charge is 0.398 e. The Morgan fingerprint density at radius 2 is 2.19 bits per heavy atom. The number of benzene rings is 1. The molecular weight excluding hydrogens is 266 g/mol. The number of nitrogens with zero attached hydrogens (tertiary/aromatic N) is 3. The van der Waals surface area contributed by atoms with Crippen molar-refractivity contribution in [3.8, 4) is 0 Å². The van der Waals surface area contributed by atoms with Gasteiger partial charge in [-0.1, -0.05) is 18.2 Å². The highest BCUT2D eigenvalue weighted by Crippen LogP contribution is 2.19. The van der Waals surface area contributed by atoms with E-state index in [2.05, 4.69) is 15.3 Å². The van der Waals surface area contributed by atoms with Crippen molar-refractivity contribution in [1.29, 1.82) is 0 Å². The van der Waals surface area contributed by atoms with E-state index in [9.17, 15) is 4.79 Å². The monoisotopic (exact) mass is 281 g/mol. The molecular formula is C15H15N5O. The summed E-state index contributed by atoms with van der Waals surface area (Å²) in [4.78, 5) is 20.7. The van der Waals surface area contributed by atoms with Gasteiger partial charge in [0.15, 0.2) is 0 Å². The molecule has 1 amide bonds. The molecule has 0 saturated heterocycles. The van der Waals surface area contributed by atoms with Crippen LogP contribution in [0, 0.1) is 0 Å². The zero-order valence-electron chi connectivity index (χ0n) is 11.6. The van der Waals surface area contributed by atoms with Gasteiger partial charge in [-0.15, -0.1) is 0 Å². The average Bonchev–Trinajstić information content (AvgIpc) is 2.90. The van der Waals surface area contributed by atoms with Crippen LogP contribution in [-0.4, -0.2) is 20.4 Å². The van der Waals surface area contributed by atoms with Gasteiger partial charge in [-0.2, -0.15) is 0 Å². The molecule has 0 bridgehead atoms. The Labute approximate surface area is 121 Å². The van der Waals surface area contributed by atoms with E-state index in [1.165, 1.54) is 0 Å². The molecule has 0 aliphatic carbocycles. The normalized spacial score (nSPS) is 10.7. The Morgan fingerprint density at radius 3 is 2.95 bits per heavy atom. The van der Waals surface area contributed by atoms with Crippen LogP contribution in [0.4, 0.5) is 5.69 Å². The number of nitrogens with one attached hydrogen (secondary N) is 1. The van der Waals surface area contributed by atoms with E-state index in [4.69, 9.17) is 5.73 Å². The zero-order valence-corrected chi connectivity index (χ0v) is 11.6. The van der Waals surface area contributed by atoms with Crippen molar-refractivity contribution in [3.63, 3.8) is 0 Å². The van der Waals surface area contributed by atoms with Crippen LogP contribution in [0.15, 0.2) is 42.7 Å². The molecule has 1 aromatic carbocycles. The molecule has 0 fully saturated rings. The fourth-order valence-corrected chi connectivity index (χ4v) is 2.14. The minimum atomic E-state index is -0.268. The number of aryl methyl sites for hydroxylation is 1. The molecule has 0 unspecified atom stereocenters. The molecule has 0 atom stereocenters. The molecule has 6 heteroatoms. The van der Waals surface area contributed by atoms with Gasteiger partial charge in [0, 0.05) is 30.5 Å². The van der Waals surface area contributed by atoms with Gasteiger partial charge in [-0.25, -0.2) is 9.97 Å². The standard InChI is InChI=1S/C15H15N5O/c1-20-7-6-17-14(20)9-18-15(21)13-8-11(16)10-4-2-3-5-12(10)19-13/h2-8H,9H2,1H3,(H2,16,19)(H,18,21). The van der Waals surface area contributed by atoms with Gasteiger partial charge in [0.2, 0.25) is 0 Å². The lowest BCUT2D eigenvalue weighted by atomic mass is 10.1. The molecule has 0 aliphatic heterocycles. The van der Waals surface area contributed by atoms with Crippen LogP contribution < -0.4 is 11.1 Å².